The van der Waals surface area contributed by atoms with Crippen molar-refractivity contribution in [1.82, 2.24) is 0 Å². The van der Waals surface area contributed by atoms with E-state index in [1.165, 1.54) is 87.0 Å². The first-order valence-corrected chi connectivity index (χ1v) is 13.9. The van der Waals surface area contributed by atoms with Crippen molar-refractivity contribution < 1.29 is 0 Å². The van der Waals surface area contributed by atoms with Crippen LogP contribution in [0.15, 0.2) is 48.6 Å². The van der Waals surface area contributed by atoms with Crippen LogP contribution in [-0.2, 0) is 6.42 Å². The minimum Gasteiger partial charge on any atom is -0.0917 e. The number of rotatable bonds is 10. The summed E-state index contributed by atoms with van der Waals surface area (Å²) in [6.07, 6.45) is 24.3. The Bertz CT molecular complexity index is 859. The number of benzene rings is 2. The number of allylic oxidation sites excluding steroid dienone is 2. The average molecular weight is 431 g/mol. The highest BCUT2D eigenvalue weighted by molar-refractivity contribution is 5.84. The van der Waals surface area contributed by atoms with Gasteiger partial charge in [0.25, 0.3) is 0 Å². The van der Waals surface area contributed by atoms with E-state index in [4.69, 9.17) is 0 Å². The topological polar surface area (TPSA) is 0 Å². The normalized spacial score (nSPS) is 25.9. The number of fused-ring (bicyclic) bond motifs is 2. The lowest BCUT2D eigenvalue weighted by molar-refractivity contribution is 0.113. The number of unbranched alkanes of at least 4 members (excludes halogenated alkanes) is 4. The molecule has 2 saturated carbocycles. The third-order valence-electron chi connectivity index (χ3n) is 8.67. The predicted octanol–water partition coefficient (Wildman–Crippen LogP) is 10.0. The van der Waals surface area contributed by atoms with Gasteiger partial charge >= 0.3 is 0 Å². The summed E-state index contributed by atoms with van der Waals surface area (Å²) in [6.45, 7) is 4.43. The van der Waals surface area contributed by atoms with Crippen LogP contribution in [0.5, 0.6) is 0 Å². The lowest BCUT2D eigenvalue weighted by Crippen LogP contribution is -2.30. The summed E-state index contributed by atoms with van der Waals surface area (Å²) in [7, 11) is 0. The Morgan fingerprint density at radius 2 is 1.59 bits per heavy atom. The van der Waals surface area contributed by atoms with Gasteiger partial charge in [0, 0.05) is 0 Å². The van der Waals surface area contributed by atoms with Crippen LogP contribution in [0.25, 0.3) is 10.8 Å². The molecule has 174 valence electrons. The van der Waals surface area contributed by atoms with Crippen molar-refractivity contribution in [1.29, 1.82) is 0 Å². The molecule has 4 rings (SSSR count). The first-order chi connectivity index (χ1) is 15.8. The van der Waals surface area contributed by atoms with Gasteiger partial charge in [0.1, 0.15) is 0 Å². The Kier molecular flexibility index (Phi) is 8.89. The van der Waals surface area contributed by atoms with E-state index < -0.39 is 0 Å². The molecule has 2 fully saturated rings. The van der Waals surface area contributed by atoms with Crippen LogP contribution >= 0.6 is 0 Å². The van der Waals surface area contributed by atoms with E-state index >= 15 is 0 Å². The van der Waals surface area contributed by atoms with E-state index in [2.05, 4.69) is 62.4 Å². The van der Waals surface area contributed by atoms with Crippen LogP contribution in [0.3, 0.4) is 0 Å². The van der Waals surface area contributed by atoms with Gasteiger partial charge in [-0.1, -0.05) is 100 Å². The van der Waals surface area contributed by atoms with Crippen molar-refractivity contribution in [2.45, 2.75) is 110 Å². The molecule has 0 spiro atoms. The zero-order chi connectivity index (χ0) is 22.2. The molecule has 0 bridgehead atoms. The van der Waals surface area contributed by atoms with Crippen molar-refractivity contribution >= 4 is 10.8 Å². The van der Waals surface area contributed by atoms with E-state index in [1.807, 2.05) is 0 Å². The molecule has 0 amide bonds. The van der Waals surface area contributed by atoms with Gasteiger partial charge < -0.3 is 0 Å². The zero-order valence-corrected chi connectivity index (χ0v) is 20.8. The fourth-order valence-corrected chi connectivity index (χ4v) is 6.73. The maximum atomic E-state index is 2.51. The second-order valence-corrected chi connectivity index (χ2v) is 11.0. The fraction of sp³-hybridized carbons (Fsp3) is 0.625. The van der Waals surface area contributed by atoms with Gasteiger partial charge in [0.2, 0.25) is 0 Å². The van der Waals surface area contributed by atoms with Crippen molar-refractivity contribution in [3.8, 4) is 0 Å². The summed E-state index contributed by atoms with van der Waals surface area (Å²) in [4.78, 5) is 0. The lowest BCUT2D eigenvalue weighted by Gasteiger charge is -2.42. The van der Waals surface area contributed by atoms with E-state index in [-0.39, 0.29) is 0 Å². The highest BCUT2D eigenvalue weighted by Gasteiger charge is 2.35. The number of aryl methyl sites for hydroxylation is 1. The maximum Gasteiger partial charge on any atom is -0.0159 e. The van der Waals surface area contributed by atoms with Gasteiger partial charge in [-0.25, -0.2) is 0 Å². The van der Waals surface area contributed by atoms with Crippen LogP contribution in [0.1, 0.15) is 114 Å². The van der Waals surface area contributed by atoms with E-state index in [1.54, 1.807) is 12.0 Å². The largest absolute Gasteiger partial charge is 0.0917 e. The van der Waals surface area contributed by atoms with Gasteiger partial charge in [-0.3, -0.25) is 0 Å². The summed E-state index contributed by atoms with van der Waals surface area (Å²) in [5.41, 5.74) is 3.07. The molecule has 4 atom stereocenters. The maximum absolute atomic E-state index is 2.51. The molecular formula is C32H46. The fourth-order valence-electron chi connectivity index (χ4n) is 6.73. The molecule has 0 nitrogen and oxygen atoms in total. The van der Waals surface area contributed by atoms with Crippen LogP contribution in [0.2, 0.25) is 0 Å². The Hall–Kier alpha value is -1.56. The summed E-state index contributed by atoms with van der Waals surface area (Å²) >= 11 is 0. The van der Waals surface area contributed by atoms with Crippen LogP contribution in [-0.4, -0.2) is 0 Å². The highest BCUT2D eigenvalue weighted by Crippen LogP contribution is 2.48. The molecule has 0 N–H and O–H groups in total. The van der Waals surface area contributed by atoms with Crippen LogP contribution in [0.4, 0.5) is 0 Å². The van der Waals surface area contributed by atoms with Gasteiger partial charge in [-0.05, 0) is 97.4 Å². The van der Waals surface area contributed by atoms with Gasteiger partial charge in [-0.2, -0.15) is 0 Å². The van der Waals surface area contributed by atoms with Gasteiger partial charge in [0.15, 0.2) is 0 Å². The predicted molar refractivity (Wildman–Crippen MR) is 141 cm³/mol. The van der Waals surface area contributed by atoms with Crippen molar-refractivity contribution in [3.63, 3.8) is 0 Å². The SMILES string of the molecule is C/C=C/CCc1ccc2cc([C@@H]3CC[C@@H]4CC(CCCCCCC)CCC4C3)ccc2c1. The standard InChI is InChI=1S/C32H46/c1-3-5-7-8-10-12-26-14-16-30-24-32(20-18-28(30)22-26)31-19-17-27-21-25(11-9-6-4-2)13-15-29(27)23-31/h4,6,13,15,17,19,21,23,26,28,30,32H,3,5,7-12,14,16,18,20,22,24H2,1-2H3/b6-4+/t26?,28-,30?,32-/m1/s1. The molecule has 2 aliphatic rings. The van der Waals surface area contributed by atoms with E-state index in [0.717, 1.165) is 36.5 Å². The highest BCUT2D eigenvalue weighted by atomic mass is 14.4. The quantitative estimate of drug-likeness (QED) is 0.260. The second kappa shape index (κ2) is 12.1. The summed E-state index contributed by atoms with van der Waals surface area (Å²) in [5.74, 6) is 3.85. The summed E-state index contributed by atoms with van der Waals surface area (Å²) < 4.78 is 0. The van der Waals surface area contributed by atoms with Gasteiger partial charge in [0.05, 0.1) is 0 Å². The molecule has 2 unspecified atom stereocenters. The van der Waals surface area contributed by atoms with Crippen LogP contribution in [0, 0.1) is 17.8 Å². The first kappa shape index (κ1) is 23.6. The Balaban J connectivity index is 1.30. The molecule has 2 aliphatic carbocycles. The van der Waals surface area contributed by atoms with Crippen molar-refractivity contribution in [2.75, 3.05) is 0 Å². The molecule has 32 heavy (non-hydrogen) atoms. The Labute approximate surface area is 197 Å². The van der Waals surface area contributed by atoms with Crippen molar-refractivity contribution in [2.24, 2.45) is 17.8 Å². The average Bonchev–Trinajstić information content (AvgIpc) is 2.83. The molecule has 0 radical (unpaired) electrons. The molecular weight excluding hydrogens is 384 g/mol. The molecule has 0 heterocycles. The molecule has 2 aromatic carbocycles. The van der Waals surface area contributed by atoms with Crippen molar-refractivity contribution in [3.05, 3.63) is 59.7 Å². The molecule has 0 heteroatoms. The minimum absolute atomic E-state index is 0.792. The third-order valence-corrected chi connectivity index (χ3v) is 8.67. The van der Waals surface area contributed by atoms with E-state index in [0.29, 0.717) is 0 Å². The van der Waals surface area contributed by atoms with E-state index in [9.17, 15) is 0 Å². The molecule has 0 aliphatic heterocycles. The molecule has 0 saturated heterocycles. The Morgan fingerprint density at radius 3 is 2.47 bits per heavy atom. The lowest BCUT2D eigenvalue weighted by atomic mass is 9.63. The first-order valence-electron chi connectivity index (χ1n) is 13.9. The Morgan fingerprint density at radius 1 is 0.812 bits per heavy atom. The monoisotopic (exact) mass is 430 g/mol. The second-order valence-electron chi connectivity index (χ2n) is 11.0. The van der Waals surface area contributed by atoms with Crippen LogP contribution < -0.4 is 0 Å². The molecule has 0 aromatic heterocycles. The van der Waals surface area contributed by atoms with Gasteiger partial charge in [-0.15, -0.1) is 0 Å². The number of hydrogen-bond donors (Lipinski definition) is 0. The smallest absolute Gasteiger partial charge is 0.0159 e. The third kappa shape index (κ3) is 6.27. The summed E-state index contributed by atoms with van der Waals surface area (Å²) in [5, 5.41) is 2.85. The molecule has 2 aromatic rings. The summed E-state index contributed by atoms with van der Waals surface area (Å²) in [6, 6.07) is 14.5. The minimum atomic E-state index is 0.792. The number of hydrogen-bond acceptors (Lipinski definition) is 0. The zero-order valence-electron chi connectivity index (χ0n) is 20.8.